The molecule has 0 spiro atoms. The number of esters is 1. The van der Waals surface area contributed by atoms with Gasteiger partial charge in [0.1, 0.15) is 15.5 Å². The summed E-state index contributed by atoms with van der Waals surface area (Å²) in [6.07, 6.45) is 0. The molecule has 0 atom stereocenters. The van der Waals surface area contributed by atoms with Gasteiger partial charge in [0, 0.05) is 6.07 Å². The van der Waals surface area contributed by atoms with Crippen LogP contribution in [0.2, 0.25) is 0 Å². The molecule has 0 amide bonds. The molecule has 0 saturated heterocycles. The van der Waals surface area contributed by atoms with Crippen LogP contribution in [0.3, 0.4) is 0 Å². The average molecular weight is 319 g/mol. The fraction of sp³-hybridized carbons (Fsp3) is 0.286. The summed E-state index contributed by atoms with van der Waals surface area (Å²) in [5.74, 6) is 0.471. The third-order valence-corrected chi connectivity index (χ3v) is 4.29. The monoisotopic (exact) mass is 319 g/mol. The lowest BCUT2D eigenvalue weighted by Crippen LogP contribution is -2.09. The normalized spacial score (nSPS) is 11.0. The van der Waals surface area contributed by atoms with Crippen molar-refractivity contribution in [1.82, 2.24) is 15.1 Å². The van der Waals surface area contributed by atoms with Gasteiger partial charge in [0.2, 0.25) is 0 Å². The minimum Gasteiger partial charge on any atom is -0.453 e. The molecule has 0 aliphatic carbocycles. The van der Waals surface area contributed by atoms with Crippen LogP contribution in [-0.2, 0) is 11.3 Å². The van der Waals surface area contributed by atoms with Gasteiger partial charge in [-0.1, -0.05) is 5.16 Å². The molecule has 7 nitrogen and oxygen atoms in total. The maximum atomic E-state index is 12.2. The van der Waals surface area contributed by atoms with E-state index >= 15 is 0 Å². The summed E-state index contributed by atoms with van der Waals surface area (Å²) in [5.41, 5.74) is 1.05. The highest BCUT2D eigenvalue weighted by molar-refractivity contribution is 7.20. The van der Waals surface area contributed by atoms with E-state index in [0.717, 1.165) is 17.0 Å². The molecular weight excluding hydrogens is 306 g/mol. The first kappa shape index (κ1) is 14.5. The van der Waals surface area contributed by atoms with Gasteiger partial charge in [0.05, 0.1) is 11.1 Å². The molecule has 0 aliphatic rings. The number of nitrogens with zero attached hydrogens (tertiary/aromatic N) is 2. The van der Waals surface area contributed by atoms with Crippen molar-refractivity contribution in [2.45, 2.75) is 27.4 Å². The Balaban J connectivity index is 1.89. The van der Waals surface area contributed by atoms with Crippen LogP contribution in [0.5, 0.6) is 0 Å². The number of H-pyrrole nitrogens is 1. The first-order valence-electron chi connectivity index (χ1n) is 6.55. The summed E-state index contributed by atoms with van der Waals surface area (Å²) in [7, 11) is 0. The van der Waals surface area contributed by atoms with E-state index in [1.807, 2.05) is 0 Å². The summed E-state index contributed by atoms with van der Waals surface area (Å²) in [4.78, 5) is 32.0. The van der Waals surface area contributed by atoms with E-state index in [4.69, 9.17) is 9.26 Å². The molecule has 0 unspecified atom stereocenters. The number of thiophene rings is 1. The minimum absolute atomic E-state index is 0.00380. The second-order valence-corrected chi connectivity index (χ2v) is 5.90. The second-order valence-electron chi connectivity index (χ2n) is 4.90. The van der Waals surface area contributed by atoms with Gasteiger partial charge in [-0.2, -0.15) is 0 Å². The van der Waals surface area contributed by atoms with Gasteiger partial charge >= 0.3 is 5.97 Å². The quantitative estimate of drug-likeness (QED) is 0.744. The number of aromatic amines is 1. The van der Waals surface area contributed by atoms with Gasteiger partial charge < -0.3 is 14.2 Å². The Morgan fingerprint density at radius 3 is 2.86 bits per heavy atom. The summed E-state index contributed by atoms with van der Waals surface area (Å²) in [6, 6.07) is 1.70. The van der Waals surface area contributed by atoms with Crippen molar-refractivity contribution in [3.8, 4) is 0 Å². The van der Waals surface area contributed by atoms with Gasteiger partial charge in [-0.3, -0.25) is 4.79 Å². The zero-order valence-corrected chi connectivity index (χ0v) is 13.0. The van der Waals surface area contributed by atoms with Crippen molar-refractivity contribution in [3.05, 3.63) is 44.1 Å². The van der Waals surface area contributed by atoms with E-state index in [1.165, 1.54) is 0 Å². The van der Waals surface area contributed by atoms with Crippen LogP contribution in [0.1, 0.15) is 32.5 Å². The fourth-order valence-electron chi connectivity index (χ4n) is 2.13. The van der Waals surface area contributed by atoms with Crippen LogP contribution in [0.4, 0.5) is 0 Å². The van der Waals surface area contributed by atoms with Crippen LogP contribution in [0.15, 0.2) is 15.4 Å². The third-order valence-electron chi connectivity index (χ3n) is 3.13. The Morgan fingerprint density at radius 1 is 1.41 bits per heavy atom. The standard InChI is InChI=1S/C14H13N3O4S/c1-6-4-9(21-17-6)5-20-14(19)11-7(2)10-12(18)15-8(3)16-13(10)22-11/h4H,5H2,1-3H3,(H,15,16,18). The molecule has 0 fully saturated rings. The van der Waals surface area contributed by atoms with Gasteiger partial charge in [-0.15, -0.1) is 11.3 Å². The van der Waals surface area contributed by atoms with Crippen molar-refractivity contribution < 1.29 is 14.1 Å². The Kier molecular flexibility index (Phi) is 3.53. The number of aromatic nitrogens is 3. The van der Waals surface area contributed by atoms with E-state index < -0.39 is 5.97 Å². The highest BCUT2D eigenvalue weighted by atomic mass is 32.1. The zero-order chi connectivity index (χ0) is 15.9. The zero-order valence-electron chi connectivity index (χ0n) is 12.2. The Morgan fingerprint density at radius 2 is 2.18 bits per heavy atom. The van der Waals surface area contributed by atoms with Gasteiger partial charge in [0.15, 0.2) is 12.4 Å². The molecular formula is C14H13N3O4S. The first-order valence-corrected chi connectivity index (χ1v) is 7.36. The lowest BCUT2D eigenvalue weighted by Gasteiger charge is -2.00. The van der Waals surface area contributed by atoms with Crippen LogP contribution in [-0.4, -0.2) is 21.1 Å². The molecule has 0 saturated carbocycles. The van der Waals surface area contributed by atoms with Crippen molar-refractivity contribution in [3.63, 3.8) is 0 Å². The van der Waals surface area contributed by atoms with E-state index in [9.17, 15) is 9.59 Å². The fourth-order valence-corrected chi connectivity index (χ4v) is 3.25. The van der Waals surface area contributed by atoms with Crippen molar-refractivity contribution >= 4 is 27.5 Å². The van der Waals surface area contributed by atoms with E-state index in [-0.39, 0.29) is 12.2 Å². The molecule has 3 rings (SSSR count). The molecule has 3 aromatic heterocycles. The predicted molar refractivity (Wildman–Crippen MR) is 80.1 cm³/mol. The van der Waals surface area contributed by atoms with Crippen molar-refractivity contribution in [2.75, 3.05) is 0 Å². The molecule has 22 heavy (non-hydrogen) atoms. The van der Waals surface area contributed by atoms with E-state index in [2.05, 4.69) is 15.1 Å². The molecule has 3 aromatic rings. The van der Waals surface area contributed by atoms with Crippen molar-refractivity contribution in [1.29, 1.82) is 0 Å². The molecule has 8 heteroatoms. The summed E-state index contributed by atoms with van der Waals surface area (Å²) in [5, 5.41) is 4.15. The molecule has 3 heterocycles. The summed E-state index contributed by atoms with van der Waals surface area (Å²) < 4.78 is 10.2. The third kappa shape index (κ3) is 2.52. The van der Waals surface area contributed by atoms with E-state index in [0.29, 0.717) is 32.2 Å². The van der Waals surface area contributed by atoms with Crippen LogP contribution in [0, 0.1) is 20.8 Å². The van der Waals surface area contributed by atoms with Crippen molar-refractivity contribution in [2.24, 2.45) is 0 Å². The number of aryl methyl sites for hydroxylation is 3. The predicted octanol–water partition coefficient (Wildman–Crippen LogP) is 2.25. The summed E-state index contributed by atoms with van der Waals surface area (Å²) in [6.45, 7) is 5.18. The number of carbonyl (C=O) groups is 1. The smallest absolute Gasteiger partial charge is 0.349 e. The number of rotatable bonds is 3. The average Bonchev–Trinajstić information content (AvgIpc) is 3.00. The highest BCUT2D eigenvalue weighted by Gasteiger charge is 2.20. The molecule has 0 aliphatic heterocycles. The van der Waals surface area contributed by atoms with Crippen LogP contribution < -0.4 is 5.56 Å². The minimum atomic E-state index is -0.508. The lowest BCUT2D eigenvalue weighted by molar-refractivity contribution is 0.0442. The van der Waals surface area contributed by atoms with Gasteiger partial charge in [0.25, 0.3) is 5.56 Å². The van der Waals surface area contributed by atoms with Crippen LogP contribution >= 0.6 is 11.3 Å². The Hall–Kier alpha value is -2.48. The van der Waals surface area contributed by atoms with E-state index in [1.54, 1.807) is 26.8 Å². The summed E-state index contributed by atoms with van der Waals surface area (Å²) >= 11 is 1.15. The number of ether oxygens (including phenoxy) is 1. The number of fused-ring (bicyclic) bond motifs is 1. The maximum absolute atomic E-state index is 12.2. The molecule has 0 bridgehead atoms. The molecule has 0 aromatic carbocycles. The van der Waals surface area contributed by atoms with Gasteiger partial charge in [-0.25, -0.2) is 9.78 Å². The number of hydrogen-bond acceptors (Lipinski definition) is 7. The largest absolute Gasteiger partial charge is 0.453 e. The Bertz CT molecular complexity index is 922. The number of nitrogens with one attached hydrogen (secondary N) is 1. The molecule has 1 N–H and O–H groups in total. The number of hydrogen-bond donors (Lipinski definition) is 1. The topological polar surface area (TPSA) is 98.1 Å². The lowest BCUT2D eigenvalue weighted by atomic mass is 10.2. The SMILES string of the molecule is Cc1cc(COC(=O)c2sc3nc(C)[nH]c(=O)c3c2C)on1. The second kappa shape index (κ2) is 5.38. The van der Waals surface area contributed by atoms with Gasteiger partial charge in [-0.05, 0) is 26.3 Å². The Labute approximate surface area is 128 Å². The molecule has 0 radical (unpaired) electrons. The van der Waals surface area contributed by atoms with Crippen LogP contribution in [0.25, 0.3) is 10.2 Å². The highest BCUT2D eigenvalue weighted by Crippen LogP contribution is 2.27. The maximum Gasteiger partial charge on any atom is 0.349 e. The first-order chi connectivity index (χ1) is 10.5. The molecule has 114 valence electrons. The number of carbonyl (C=O) groups excluding carboxylic acids is 1.